The smallest absolute Gasteiger partial charge is 0.119 e. The van der Waals surface area contributed by atoms with Gasteiger partial charge in [0.25, 0.3) is 0 Å². The third-order valence-corrected chi connectivity index (χ3v) is 6.46. The average molecular weight is 429 g/mol. The minimum atomic E-state index is -0.207. The minimum absolute atomic E-state index is 0.207. The average Bonchev–Trinajstić information content (AvgIpc) is 3.08. The summed E-state index contributed by atoms with van der Waals surface area (Å²) in [6.07, 6.45) is 0. The first-order chi connectivity index (χ1) is 15.7. The fourth-order valence-corrected chi connectivity index (χ4v) is 4.73. The lowest BCUT2D eigenvalue weighted by atomic mass is 10.0. The van der Waals surface area contributed by atoms with Crippen molar-refractivity contribution >= 4 is 10.9 Å². The molecule has 5 rings (SSSR count). The molecule has 0 atom stereocenters. The monoisotopic (exact) mass is 428 g/mol. The van der Waals surface area contributed by atoms with Crippen molar-refractivity contribution in [1.82, 2.24) is 9.47 Å². The van der Waals surface area contributed by atoms with Crippen molar-refractivity contribution in [3.63, 3.8) is 0 Å². The number of ether oxygens (including phenoxy) is 1. The standard InChI is InChI=1S/C28H29FN2O/c1-21-26-9-5-6-10-27(26)31(28(21)24-7-3-2-4-8-24)20-22-11-13-25(14-12-22)32-16-15-30-18-23(17-29)19-30/h2-14,23H,15-20H2,1H3. The normalized spacial score (nSPS) is 14.6. The van der Waals surface area contributed by atoms with Crippen molar-refractivity contribution < 1.29 is 9.13 Å². The van der Waals surface area contributed by atoms with Gasteiger partial charge in [0.15, 0.2) is 0 Å². The van der Waals surface area contributed by atoms with Crippen molar-refractivity contribution in [2.45, 2.75) is 13.5 Å². The van der Waals surface area contributed by atoms with Crippen molar-refractivity contribution in [3.05, 3.63) is 90.0 Å². The second-order valence-corrected chi connectivity index (χ2v) is 8.72. The van der Waals surface area contributed by atoms with E-state index in [2.05, 4.69) is 95.3 Å². The second-order valence-electron chi connectivity index (χ2n) is 8.72. The zero-order chi connectivity index (χ0) is 21.9. The number of alkyl halides is 1. The fraction of sp³-hybridized carbons (Fsp3) is 0.286. The molecule has 1 fully saturated rings. The van der Waals surface area contributed by atoms with E-state index in [0.29, 0.717) is 6.61 Å². The van der Waals surface area contributed by atoms with Gasteiger partial charge in [-0.2, -0.15) is 0 Å². The number of hydrogen-bond acceptors (Lipinski definition) is 2. The van der Waals surface area contributed by atoms with Gasteiger partial charge in [0.1, 0.15) is 12.4 Å². The number of para-hydroxylation sites is 1. The fourth-order valence-electron chi connectivity index (χ4n) is 4.73. The van der Waals surface area contributed by atoms with E-state index in [-0.39, 0.29) is 12.6 Å². The van der Waals surface area contributed by atoms with Crippen LogP contribution >= 0.6 is 0 Å². The Balaban J connectivity index is 1.32. The number of hydrogen-bond donors (Lipinski definition) is 0. The molecule has 1 aromatic heterocycles. The van der Waals surface area contributed by atoms with Crippen LogP contribution in [0.2, 0.25) is 0 Å². The first-order valence-corrected chi connectivity index (χ1v) is 11.4. The Hall–Kier alpha value is -3.11. The maximum Gasteiger partial charge on any atom is 0.119 e. The number of aryl methyl sites for hydroxylation is 1. The highest BCUT2D eigenvalue weighted by atomic mass is 19.1. The summed E-state index contributed by atoms with van der Waals surface area (Å²) in [5.74, 6) is 1.11. The highest BCUT2D eigenvalue weighted by Crippen LogP contribution is 2.34. The van der Waals surface area contributed by atoms with Crippen LogP contribution in [-0.4, -0.2) is 42.4 Å². The SMILES string of the molecule is Cc1c(-c2ccccc2)n(Cc2ccc(OCCN3CC(CF)C3)cc2)c2ccccc12. The molecule has 32 heavy (non-hydrogen) atoms. The maximum atomic E-state index is 12.5. The highest BCUT2D eigenvalue weighted by Gasteiger charge is 2.25. The summed E-state index contributed by atoms with van der Waals surface area (Å²) in [4.78, 5) is 2.24. The number of halogens is 1. The molecule has 0 amide bonds. The molecule has 164 valence electrons. The predicted molar refractivity (Wildman–Crippen MR) is 129 cm³/mol. The molecule has 3 aromatic carbocycles. The number of aromatic nitrogens is 1. The largest absolute Gasteiger partial charge is 0.492 e. The van der Waals surface area contributed by atoms with Crippen LogP contribution in [0.25, 0.3) is 22.2 Å². The molecular formula is C28H29FN2O. The van der Waals surface area contributed by atoms with Gasteiger partial charge in [-0.05, 0) is 41.8 Å². The van der Waals surface area contributed by atoms with E-state index in [1.54, 1.807) is 0 Å². The van der Waals surface area contributed by atoms with Crippen LogP contribution in [0.3, 0.4) is 0 Å². The van der Waals surface area contributed by atoms with Crippen molar-refractivity contribution in [1.29, 1.82) is 0 Å². The Morgan fingerprint density at radius 1 is 0.906 bits per heavy atom. The van der Waals surface area contributed by atoms with E-state index in [0.717, 1.165) is 31.9 Å². The third kappa shape index (κ3) is 4.15. The maximum absolute atomic E-state index is 12.5. The van der Waals surface area contributed by atoms with Crippen LogP contribution in [0, 0.1) is 12.8 Å². The quantitative estimate of drug-likeness (QED) is 0.345. The van der Waals surface area contributed by atoms with Gasteiger partial charge in [-0.15, -0.1) is 0 Å². The molecule has 4 aromatic rings. The van der Waals surface area contributed by atoms with Gasteiger partial charge in [-0.1, -0.05) is 60.7 Å². The van der Waals surface area contributed by atoms with Gasteiger partial charge in [0, 0.05) is 43.0 Å². The van der Waals surface area contributed by atoms with E-state index in [4.69, 9.17) is 4.74 Å². The zero-order valence-electron chi connectivity index (χ0n) is 18.5. The van der Waals surface area contributed by atoms with Crippen LogP contribution in [0.4, 0.5) is 4.39 Å². The van der Waals surface area contributed by atoms with E-state index < -0.39 is 0 Å². The molecule has 3 nitrogen and oxygen atoms in total. The first kappa shape index (κ1) is 20.8. The van der Waals surface area contributed by atoms with Gasteiger partial charge in [0.2, 0.25) is 0 Å². The zero-order valence-corrected chi connectivity index (χ0v) is 18.5. The lowest BCUT2D eigenvalue weighted by Crippen LogP contribution is -2.49. The van der Waals surface area contributed by atoms with E-state index in [1.807, 2.05) is 0 Å². The molecule has 0 N–H and O–H groups in total. The number of fused-ring (bicyclic) bond motifs is 1. The molecule has 0 aliphatic carbocycles. The van der Waals surface area contributed by atoms with Crippen LogP contribution in [0.5, 0.6) is 5.75 Å². The van der Waals surface area contributed by atoms with Crippen LogP contribution in [0.1, 0.15) is 11.1 Å². The third-order valence-electron chi connectivity index (χ3n) is 6.46. The van der Waals surface area contributed by atoms with Crippen molar-refractivity contribution in [2.75, 3.05) is 32.9 Å². The Labute approximate surface area is 189 Å². The van der Waals surface area contributed by atoms with E-state index in [9.17, 15) is 4.39 Å². The summed E-state index contributed by atoms with van der Waals surface area (Å²) in [6.45, 7) is 6.01. The summed E-state index contributed by atoms with van der Waals surface area (Å²) in [7, 11) is 0. The van der Waals surface area contributed by atoms with Gasteiger partial charge in [-0.3, -0.25) is 9.29 Å². The van der Waals surface area contributed by atoms with E-state index in [1.165, 1.54) is 33.3 Å². The summed E-state index contributed by atoms with van der Waals surface area (Å²) < 4.78 is 20.9. The molecule has 0 radical (unpaired) electrons. The Kier molecular flexibility index (Phi) is 5.95. The molecule has 1 saturated heterocycles. The Morgan fingerprint density at radius 3 is 2.38 bits per heavy atom. The molecule has 4 heteroatoms. The summed E-state index contributed by atoms with van der Waals surface area (Å²) >= 11 is 0. The summed E-state index contributed by atoms with van der Waals surface area (Å²) in [5.41, 5.74) is 6.32. The summed E-state index contributed by atoms with van der Waals surface area (Å²) in [6, 6.07) is 27.7. The molecule has 2 heterocycles. The molecule has 1 aliphatic rings. The van der Waals surface area contributed by atoms with E-state index >= 15 is 0 Å². The number of nitrogens with zero attached hydrogens (tertiary/aromatic N) is 2. The van der Waals surface area contributed by atoms with Gasteiger partial charge >= 0.3 is 0 Å². The Morgan fingerprint density at radius 2 is 1.62 bits per heavy atom. The lowest BCUT2D eigenvalue weighted by molar-refractivity contribution is 0.0668. The predicted octanol–water partition coefficient (Wildman–Crippen LogP) is 5.95. The summed E-state index contributed by atoms with van der Waals surface area (Å²) in [5, 5.41) is 1.30. The van der Waals surface area contributed by atoms with Gasteiger partial charge in [0.05, 0.1) is 12.4 Å². The molecular weight excluding hydrogens is 399 g/mol. The first-order valence-electron chi connectivity index (χ1n) is 11.4. The van der Waals surface area contributed by atoms with Crippen molar-refractivity contribution in [2.24, 2.45) is 5.92 Å². The molecule has 0 spiro atoms. The topological polar surface area (TPSA) is 17.4 Å². The molecule has 1 aliphatic heterocycles. The van der Waals surface area contributed by atoms with Crippen LogP contribution in [-0.2, 0) is 6.54 Å². The highest BCUT2D eigenvalue weighted by molar-refractivity contribution is 5.91. The number of benzene rings is 3. The molecule has 0 bridgehead atoms. The van der Waals surface area contributed by atoms with Gasteiger partial charge < -0.3 is 9.30 Å². The molecule has 0 unspecified atom stereocenters. The number of likely N-dealkylation sites (tertiary alicyclic amines) is 1. The lowest BCUT2D eigenvalue weighted by Gasteiger charge is -2.37. The molecule has 0 saturated carbocycles. The second kappa shape index (κ2) is 9.17. The Bertz CT molecular complexity index is 1180. The number of rotatable bonds is 8. The van der Waals surface area contributed by atoms with Crippen molar-refractivity contribution in [3.8, 4) is 17.0 Å². The minimum Gasteiger partial charge on any atom is -0.492 e. The van der Waals surface area contributed by atoms with Crippen LogP contribution < -0.4 is 4.74 Å². The van der Waals surface area contributed by atoms with Gasteiger partial charge in [-0.25, -0.2) is 0 Å². The van der Waals surface area contributed by atoms with Crippen LogP contribution in [0.15, 0.2) is 78.9 Å².